The van der Waals surface area contributed by atoms with Gasteiger partial charge in [0.2, 0.25) is 0 Å². The molecule has 88 valence electrons. The number of aryl methyl sites for hydroxylation is 2. The van der Waals surface area contributed by atoms with E-state index in [1.165, 1.54) is 0 Å². The summed E-state index contributed by atoms with van der Waals surface area (Å²) in [7, 11) is 1.77. The number of carbonyl (C=O) groups excluding carboxylic acids is 1. The fourth-order valence-electron chi connectivity index (χ4n) is 2.25. The smallest absolute Gasteiger partial charge is 0.272 e. The number of aliphatic hydroxyl groups is 1. The molecule has 2 heterocycles. The van der Waals surface area contributed by atoms with Crippen molar-refractivity contribution < 1.29 is 9.90 Å². The Labute approximate surface area is 94.7 Å². The fourth-order valence-corrected chi connectivity index (χ4v) is 2.25. The molecular formula is C11H17N3O2. The lowest BCUT2D eigenvalue weighted by Gasteiger charge is -2.22. The summed E-state index contributed by atoms with van der Waals surface area (Å²) in [4.78, 5) is 14.0. The summed E-state index contributed by atoms with van der Waals surface area (Å²) < 4.78 is 1.60. The van der Waals surface area contributed by atoms with Crippen LogP contribution in [0, 0.1) is 6.92 Å². The van der Waals surface area contributed by atoms with E-state index in [9.17, 15) is 9.90 Å². The Balaban J connectivity index is 2.21. The first-order valence-corrected chi connectivity index (χ1v) is 5.56. The van der Waals surface area contributed by atoms with Crippen molar-refractivity contribution in [3.63, 3.8) is 0 Å². The molecule has 0 aromatic carbocycles. The molecule has 1 atom stereocenters. The highest BCUT2D eigenvalue weighted by molar-refractivity contribution is 5.93. The zero-order valence-corrected chi connectivity index (χ0v) is 9.68. The molecule has 16 heavy (non-hydrogen) atoms. The van der Waals surface area contributed by atoms with Crippen molar-refractivity contribution in [3.05, 3.63) is 17.5 Å². The van der Waals surface area contributed by atoms with Crippen LogP contribution >= 0.6 is 0 Å². The SMILES string of the molecule is Cc1cc(C(=O)N2CCCC2CO)n(C)n1. The number of hydrogen-bond acceptors (Lipinski definition) is 3. The maximum absolute atomic E-state index is 12.2. The molecule has 0 aliphatic carbocycles. The quantitative estimate of drug-likeness (QED) is 0.785. The van der Waals surface area contributed by atoms with Crippen molar-refractivity contribution in [2.24, 2.45) is 7.05 Å². The van der Waals surface area contributed by atoms with Crippen LogP contribution in [0.1, 0.15) is 29.0 Å². The third kappa shape index (κ3) is 1.82. The number of aromatic nitrogens is 2. The van der Waals surface area contributed by atoms with E-state index in [-0.39, 0.29) is 18.6 Å². The standard InChI is InChI=1S/C11H17N3O2/c1-8-6-10(13(2)12-8)11(16)14-5-3-4-9(14)7-15/h6,9,15H,3-5,7H2,1-2H3. The van der Waals surface area contributed by atoms with Gasteiger partial charge in [-0.3, -0.25) is 9.48 Å². The van der Waals surface area contributed by atoms with Gasteiger partial charge in [0.15, 0.2) is 0 Å². The molecular weight excluding hydrogens is 206 g/mol. The molecule has 1 aliphatic heterocycles. The molecule has 1 amide bonds. The molecule has 1 saturated heterocycles. The van der Waals surface area contributed by atoms with E-state index >= 15 is 0 Å². The Morgan fingerprint density at radius 2 is 2.44 bits per heavy atom. The van der Waals surface area contributed by atoms with Crippen LogP contribution in [0.5, 0.6) is 0 Å². The lowest BCUT2D eigenvalue weighted by molar-refractivity contribution is 0.0666. The maximum atomic E-state index is 12.2. The molecule has 0 spiro atoms. The Bertz CT molecular complexity index is 400. The Hall–Kier alpha value is -1.36. The summed E-state index contributed by atoms with van der Waals surface area (Å²) in [5.74, 6) is -0.0281. The molecule has 1 fully saturated rings. The van der Waals surface area contributed by atoms with Crippen molar-refractivity contribution in [2.45, 2.75) is 25.8 Å². The van der Waals surface area contributed by atoms with Crippen molar-refractivity contribution in [1.82, 2.24) is 14.7 Å². The van der Waals surface area contributed by atoms with E-state index < -0.39 is 0 Å². The van der Waals surface area contributed by atoms with Crippen LogP contribution in [0.2, 0.25) is 0 Å². The number of hydrogen-bond donors (Lipinski definition) is 1. The van der Waals surface area contributed by atoms with Crippen molar-refractivity contribution in [3.8, 4) is 0 Å². The molecule has 0 bridgehead atoms. The van der Waals surface area contributed by atoms with Crippen LogP contribution in [-0.2, 0) is 7.05 Å². The van der Waals surface area contributed by atoms with Gasteiger partial charge in [-0.05, 0) is 25.8 Å². The number of nitrogens with zero attached hydrogens (tertiary/aromatic N) is 3. The van der Waals surface area contributed by atoms with Gasteiger partial charge in [-0.25, -0.2) is 0 Å². The minimum atomic E-state index is -0.0281. The number of aliphatic hydroxyl groups excluding tert-OH is 1. The lowest BCUT2D eigenvalue weighted by atomic mass is 10.2. The molecule has 2 rings (SSSR count). The van der Waals surface area contributed by atoms with Crippen LogP contribution in [0.15, 0.2) is 6.07 Å². The van der Waals surface area contributed by atoms with Gasteiger partial charge in [0.1, 0.15) is 5.69 Å². The molecule has 1 aromatic heterocycles. The second-order valence-electron chi connectivity index (χ2n) is 4.27. The van der Waals surface area contributed by atoms with Gasteiger partial charge in [-0.1, -0.05) is 0 Å². The topological polar surface area (TPSA) is 58.4 Å². The van der Waals surface area contributed by atoms with Gasteiger partial charge in [0.05, 0.1) is 18.3 Å². The zero-order valence-electron chi connectivity index (χ0n) is 9.68. The summed E-state index contributed by atoms with van der Waals surface area (Å²) >= 11 is 0. The van der Waals surface area contributed by atoms with Crippen molar-refractivity contribution in [2.75, 3.05) is 13.2 Å². The molecule has 0 saturated carbocycles. The maximum Gasteiger partial charge on any atom is 0.272 e. The lowest BCUT2D eigenvalue weighted by Crippen LogP contribution is -2.38. The fraction of sp³-hybridized carbons (Fsp3) is 0.636. The number of carbonyl (C=O) groups is 1. The molecule has 1 aromatic rings. The summed E-state index contributed by atoms with van der Waals surface area (Å²) in [6.07, 6.45) is 1.85. The zero-order chi connectivity index (χ0) is 11.7. The number of rotatable bonds is 2. The first kappa shape index (κ1) is 11.1. The van der Waals surface area contributed by atoms with Gasteiger partial charge in [-0.2, -0.15) is 5.10 Å². The van der Waals surface area contributed by atoms with Crippen molar-refractivity contribution in [1.29, 1.82) is 0 Å². The summed E-state index contributed by atoms with van der Waals surface area (Å²) in [5.41, 5.74) is 1.43. The van der Waals surface area contributed by atoms with E-state index in [2.05, 4.69) is 5.10 Å². The minimum absolute atomic E-state index is 0.0253. The average molecular weight is 223 g/mol. The van der Waals surface area contributed by atoms with E-state index in [4.69, 9.17) is 0 Å². The predicted molar refractivity (Wildman–Crippen MR) is 59.1 cm³/mol. The van der Waals surface area contributed by atoms with Crippen LogP contribution in [0.3, 0.4) is 0 Å². The summed E-state index contributed by atoms with van der Waals surface area (Å²) in [5, 5.41) is 13.4. The largest absolute Gasteiger partial charge is 0.394 e. The van der Waals surface area contributed by atoms with Crippen LogP contribution in [-0.4, -0.2) is 44.9 Å². The van der Waals surface area contributed by atoms with Gasteiger partial charge in [0, 0.05) is 13.6 Å². The highest BCUT2D eigenvalue weighted by Gasteiger charge is 2.30. The van der Waals surface area contributed by atoms with E-state index in [0.29, 0.717) is 5.69 Å². The Morgan fingerprint density at radius 3 is 3.00 bits per heavy atom. The van der Waals surface area contributed by atoms with Crippen LogP contribution < -0.4 is 0 Å². The molecule has 1 aliphatic rings. The number of likely N-dealkylation sites (tertiary alicyclic amines) is 1. The Morgan fingerprint density at radius 1 is 1.69 bits per heavy atom. The third-order valence-electron chi connectivity index (χ3n) is 3.07. The minimum Gasteiger partial charge on any atom is -0.394 e. The summed E-state index contributed by atoms with van der Waals surface area (Å²) in [6, 6.07) is 1.76. The highest BCUT2D eigenvalue weighted by atomic mass is 16.3. The monoisotopic (exact) mass is 223 g/mol. The van der Waals surface area contributed by atoms with Crippen LogP contribution in [0.25, 0.3) is 0 Å². The van der Waals surface area contributed by atoms with Crippen LogP contribution in [0.4, 0.5) is 0 Å². The predicted octanol–water partition coefficient (Wildman–Crippen LogP) is 0.325. The van der Waals surface area contributed by atoms with E-state index in [0.717, 1.165) is 25.1 Å². The second kappa shape index (κ2) is 4.25. The van der Waals surface area contributed by atoms with Gasteiger partial charge < -0.3 is 10.0 Å². The van der Waals surface area contributed by atoms with Gasteiger partial charge in [0.25, 0.3) is 5.91 Å². The third-order valence-corrected chi connectivity index (χ3v) is 3.07. The summed E-state index contributed by atoms with van der Waals surface area (Å²) in [6.45, 7) is 2.64. The molecule has 1 unspecified atom stereocenters. The highest BCUT2D eigenvalue weighted by Crippen LogP contribution is 2.19. The first-order chi connectivity index (χ1) is 7.63. The first-order valence-electron chi connectivity index (χ1n) is 5.56. The number of amides is 1. The van der Waals surface area contributed by atoms with Crippen molar-refractivity contribution >= 4 is 5.91 Å². The van der Waals surface area contributed by atoms with Gasteiger partial charge in [-0.15, -0.1) is 0 Å². The Kier molecular flexibility index (Phi) is 2.96. The molecule has 5 heteroatoms. The van der Waals surface area contributed by atoms with E-state index in [1.807, 2.05) is 6.92 Å². The molecule has 0 radical (unpaired) electrons. The van der Waals surface area contributed by atoms with Gasteiger partial charge >= 0.3 is 0 Å². The molecule has 5 nitrogen and oxygen atoms in total. The second-order valence-corrected chi connectivity index (χ2v) is 4.27. The van der Waals surface area contributed by atoms with E-state index in [1.54, 1.807) is 22.7 Å². The normalized spacial score (nSPS) is 20.4. The molecule has 1 N–H and O–H groups in total. The average Bonchev–Trinajstić information content (AvgIpc) is 2.83.